The average Bonchev–Trinajstić information content (AvgIpc) is 2.87. The number of ketones is 1. The van der Waals surface area contributed by atoms with Crippen LogP contribution >= 0.6 is 11.8 Å². The molecule has 0 bridgehead atoms. The fourth-order valence-electron chi connectivity index (χ4n) is 4.61. The molecule has 34 heavy (non-hydrogen) atoms. The number of hydrogen-bond donors (Lipinski definition) is 1. The van der Waals surface area contributed by atoms with Crippen molar-refractivity contribution in [1.82, 2.24) is 9.55 Å². The van der Waals surface area contributed by atoms with Crippen molar-refractivity contribution in [1.29, 1.82) is 0 Å². The summed E-state index contributed by atoms with van der Waals surface area (Å²) in [5, 5.41) is 4.03. The molecule has 6 nitrogen and oxygen atoms in total. The highest BCUT2D eigenvalue weighted by molar-refractivity contribution is 7.99. The van der Waals surface area contributed by atoms with Gasteiger partial charge in [0.25, 0.3) is 5.56 Å². The van der Waals surface area contributed by atoms with Crippen molar-refractivity contribution in [3.8, 4) is 0 Å². The molecule has 3 aromatic rings. The second-order valence-corrected chi connectivity index (χ2v) is 9.80. The van der Waals surface area contributed by atoms with Gasteiger partial charge in [-0.25, -0.2) is 4.98 Å². The van der Waals surface area contributed by atoms with Crippen molar-refractivity contribution in [2.45, 2.75) is 56.6 Å². The van der Waals surface area contributed by atoms with Crippen LogP contribution in [-0.4, -0.2) is 27.0 Å². The molecule has 1 aliphatic carbocycles. The Morgan fingerprint density at radius 3 is 2.79 bits per heavy atom. The summed E-state index contributed by atoms with van der Waals surface area (Å²) in [6.07, 6.45) is 8.85. The van der Waals surface area contributed by atoms with E-state index in [0.717, 1.165) is 30.5 Å². The van der Waals surface area contributed by atoms with Crippen LogP contribution in [0.3, 0.4) is 0 Å². The number of allylic oxidation sites excluding steroid dienone is 2. The van der Waals surface area contributed by atoms with E-state index in [9.17, 15) is 14.4 Å². The molecular formula is C27H27N3O3S. The van der Waals surface area contributed by atoms with E-state index in [4.69, 9.17) is 4.98 Å². The summed E-state index contributed by atoms with van der Waals surface area (Å²) in [5.74, 6) is 0.179. The number of rotatable bonds is 7. The van der Waals surface area contributed by atoms with E-state index in [2.05, 4.69) is 11.4 Å². The van der Waals surface area contributed by atoms with Crippen LogP contribution in [0, 0.1) is 0 Å². The van der Waals surface area contributed by atoms with Crippen LogP contribution < -0.4 is 10.9 Å². The maximum Gasteiger partial charge on any atom is 0.262 e. The number of carbonyl (C=O) groups excluding carboxylic acids is 2. The zero-order valence-corrected chi connectivity index (χ0v) is 19.8. The first-order valence-corrected chi connectivity index (χ1v) is 12.8. The number of para-hydroxylation sites is 1. The predicted molar refractivity (Wildman–Crippen MR) is 136 cm³/mol. The Bertz CT molecular complexity index is 1360. The van der Waals surface area contributed by atoms with Gasteiger partial charge in [0.1, 0.15) is 0 Å². The first kappa shape index (κ1) is 22.6. The molecule has 0 radical (unpaired) electrons. The number of fused-ring (bicyclic) bond motifs is 2. The highest BCUT2D eigenvalue weighted by Crippen LogP contribution is 2.26. The second-order valence-electron chi connectivity index (χ2n) is 8.86. The van der Waals surface area contributed by atoms with Crippen LogP contribution in [0.5, 0.6) is 0 Å². The Kier molecular flexibility index (Phi) is 6.63. The molecule has 1 aromatic heterocycles. The third-order valence-corrected chi connectivity index (χ3v) is 7.50. The lowest BCUT2D eigenvalue weighted by atomic mass is 9.97. The first-order chi connectivity index (χ1) is 16.6. The summed E-state index contributed by atoms with van der Waals surface area (Å²) in [5.41, 5.74) is 4.38. The van der Waals surface area contributed by atoms with Crippen LogP contribution in [0.2, 0.25) is 0 Å². The Hall–Kier alpha value is -3.19. The van der Waals surface area contributed by atoms with Gasteiger partial charge in [0.2, 0.25) is 5.91 Å². The molecule has 2 heterocycles. The summed E-state index contributed by atoms with van der Waals surface area (Å²) in [6.45, 7) is 0.567. The van der Waals surface area contributed by atoms with Gasteiger partial charge in [-0.05, 0) is 74.4 Å². The topological polar surface area (TPSA) is 81.1 Å². The van der Waals surface area contributed by atoms with Crippen LogP contribution in [0.4, 0.5) is 5.69 Å². The molecule has 1 aliphatic heterocycles. The van der Waals surface area contributed by atoms with Crippen molar-refractivity contribution < 1.29 is 9.59 Å². The van der Waals surface area contributed by atoms with Gasteiger partial charge in [-0.15, -0.1) is 0 Å². The molecule has 0 saturated carbocycles. The number of thioether (sulfide) groups is 1. The van der Waals surface area contributed by atoms with Crippen LogP contribution in [-0.2, 0) is 17.8 Å². The molecule has 2 aliphatic rings. The maximum absolute atomic E-state index is 13.3. The van der Waals surface area contributed by atoms with E-state index in [1.165, 1.54) is 30.2 Å². The third-order valence-electron chi connectivity index (χ3n) is 6.52. The maximum atomic E-state index is 13.3. The van der Waals surface area contributed by atoms with Crippen molar-refractivity contribution in [2.75, 3.05) is 11.1 Å². The highest BCUT2D eigenvalue weighted by Gasteiger charge is 2.18. The molecule has 0 saturated heterocycles. The summed E-state index contributed by atoms with van der Waals surface area (Å²) in [7, 11) is 0. The monoisotopic (exact) mass is 473 g/mol. The number of aromatic nitrogens is 2. The number of nitrogens with one attached hydrogen (secondary N) is 1. The van der Waals surface area contributed by atoms with Crippen molar-refractivity contribution >= 4 is 40.0 Å². The predicted octanol–water partition coefficient (Wildman–Crippen LogP) is 5.15. The Morgan fingerprint density at radius 2 is 1.94 bits per heavy atom. The number of amides is 1. The summed E-state index contributed by atoms with van der Waals surface area (Å²) >= 11 is 1.32. The number of anilines is 1. The summed E-state index contributed by atoms with van der Waals surface area (Å²) in [4.78, 5) is 42.6. The number of nitrogens with zero attached hydrogens (tertiary/aromatic N) is 2. The van der Waals surface area contributed by atoms with Gasteiger partial charge in [0.05, 0.1) is 16.7 Å². The molecule has 0 atom stereocenters. The number of benzene rings is 2. The molecule has 1 N–H and O–H groups in total. The van der Waals surface area contributed by atoms with Crippen LogP contribution in [0.15, 0.2) is 64.1 Å². The fourth-order valence-corrected chi connectivity index (χ4v) is 5.53. The summed E-state index contributed by atoms with van der Waals surface area (Å²) in [6, 6.07) is 12.8. The molecule has 2 aromatic carbocycles. The molecule has 0 fully saturated rings. The van der Waals surface area contributed by atoms with E-state index in [1.54, 1.807) is 16.7 Å². The van der Waals surface area contributed by atoms with Crippen molar-refractivity contribution in [3.63, 3.8) is 0 Å². The number of carbonyl (C=O) groups is 2. The molecule has 0 unspecified atom stereocenters. The number of Topliss-reactive ketones (excluding diaryl/α,β-unsaturated/α-hetero) is 1. The molecular weight excluding hydrogens is 446 g/mol. The minimum absolute atomic E-state index is 0.00599. The Balaban J connectivity index is 1.38. The van der Waals surface area contributed by atoms with Crippen molar-refractivity contribution in [2.24, 2.45) is 0 Å². The van der Waals surface area contributed by atoms with Gasteiger partial charge >= 0.3 is 0 Å². The first-order valence-electron chi connectivity index (χ1n) is 11.8. The van der Waals surface area contributed by atoms with E-state index in [-0.39, 0.29) is 23.0 Å². The Morgan fingerprint density at radius 1 is 1.06 bits per heavy atom. The standard InChI is InChI=1S/C27H27N3O3S/c31-24(20-10-12-22-19(16-20)11-13-25(32)28-22)17-34-27-29-23-9-5-4-8-21(23)26(33)30(27)15-14-18-6-2-1-3-7-18/h4-6,8-10,12,16H,1-3,7,11,13-15,17H2,(H,28,32). The third kappa shape index (κ3) is 4.85. The van der Waals surface area contributed by atoms with Crippen LogP contribution in [0.1, 0.15) is 54.4 Å². The molecule has 174 valence electrons. The number of aryl methyl sites for hydroxylation is 1. The molecule has 0 spiro atoms. The number of hydrogen-bond acceptors (Lipinski definition) is 5. The molecule has 1 amide bonds. The van der Waals surface area contributed by atoms with Gasteiger partial charge in [-0.2, -0.15) is 0 Å². The average molecular weight is 474 g/mol. The lowest BCUT2D eigenvalue weighted by Crippen LogP contribution is -2.24. The smallest absolute Gasteiger partial charge is 0.262 e. The summed E-state index contributed by atoms with van der Waals surface area (Å²) < 4.78 is 1.73. The minimum Gasteiger partial charge on any atom is -0.326 e. The lowest BCUT2D eigenvalue weighted by molar-refractivity contribution is -0.116. The van der Waals surface area contributed by atoms with Crippen LogP contribution in [0.25, 0.3) is 10.9 Å². The quantitative estimate of drug-likeness (QED) is 0.222. The molecule has 7 heteroatoms. The van der Waals surface area contributed by atoms with Gasteiger partial charge in [-0.1, -0.05) is 35.5 Å². The SMILES string of the molecule is O=C1CCc2cc(C(=O)CSc3nc4ccccc4c(=O)n3CCC3=CCCCC3)ccc2N1. The zero-order chi connectivity index (χ0) is 23.5. The van der Waals surface area contributed by atoms with E-state index < -0.39 is 0 Å². The second kappa shape index (κ2) is 9.97. The van der Waals surface area contributed by atoms with E-state index in [0.29, 0.717) is 41.0 Å². The molecule has 5 rings (SSSR count). The van der Waals surface area contributed by atoms with E-state index in [1.807, 2.05) is 30.3 Å². The normalized spacial score (nSPS) is 15.5. The van der Waals surface area contributed by atoms with Crippen molar-refractivity contribution in [3.05, 3.63) is 75.6 Å². The minimum atomic E-state index is -0.0542. The van der Waals surface area contributed by atoms with Gasteiger partial charge in [0, 0.05) is 24.2 Å². The highest BCUT2D eigenvalue weighted by atomic mass is 32.2. The van der Waals surface area contributed by atoms with Gasteiger partial charge in [-0.3, -0.25) is 19.0 Å². The lowest BCUT2D eigenvalue weighted by Gasteiger charge is -2.17. The van der Waals surface area contributed by atoms with Gasteiger partial charge in [0.15, 0.2) is 10.9 Å². The van der Waals surface area contributed by atoms with Gasteiger partial charge < -0.3 is 5.32 Å². The fraction of sp³-hybridized carbons (Fsp3) is 0.333. The largest absolute Gasteiger partial charge is 0.326 e. The Labute approximate surface area is 202 Å². The zero-order valence-electron chi connectivity index (χ0n) is 19.0. The van der Waals surface area contributed by atoms with E-state index >= 15 is 0 Å².